The third kappa shape index (κ3) is 8.03. The van der Waals surface area contributed by atoms with Crippen LogP contribution in [0.15, 0.2) is 35.3 Å². The van der Waals surface area contributed by atoms with Crippen LogP contribution >= 0.6 is 0 Å². The molecule has 1 aromatic carbocycles. The summed E-state index contributed by atoms with van der Waals surface area (Å²) in [6.45, 7) is 3.85. The van der Waals surface area contributed by atoms with Gasteiger partial charge in [0.15, 0.2) is 5.96 Å². The zero-order valence-corrected chi connectivity index (χ0v) is 14.4. The van der Waals surface area contributed by atoms with Gasteiger partial charge in [0.2, 0.25) is 0 Å². The largest absolute Gasteiger partial charge is 0.370 e. The van der Waals surface area contributed by atoms with E-state index in [1.54, 1.807) is 0 Å². The van der Waals surface area contributed by atoms with E-state index in [-0.39, 0.29) is 0 Å². The molecule has 0 heterocycles. The van der Waals surface area contributed by atoms with E-state index in [0.717, 1.165) is 25.9 Å². The van der Waals surface area contributed by atoms with E-state index in [0.29, 0.717) is 12.0 Å². The number of nitrogens with zero attached hydrogens (tertiary/aromatic N) is 2. The fraction of sp³-hybridized carbons (Fsp3) is 0.611. The van der Waals surface area contributed by atoms with Crippen molar-refractivity contribution in [2.45, 2.75) is 45.1 Å². The Balaban J connectivity index is 2.37. The molecule has 1 aromatic rings. The number of likely N-dealkylation sites (N-methyl/N-ethyl adjacent to an activating group) is 1. The highest BCUT2D eigenvalue weighted by Crippen LogP contribution is 2.07. The van der Waals surface area contributed by atoms with Gasteiger partial charge in [0, 0.05) is 12.6 Å². The predicted molar refractivity (Wildman–Crippen MR) is 96.3 cm³/mol. The van der Waals surface area contributed by atoms with Gasteiger partial charge in [-0.25, -0.2) is 0 Å². The van der Waals surface area contributed by atoms with Gasteiger partial charge in [-0.3, -0.25) is 4.99 Å². The third-order valence-electron chi connectivity index (χ3n) is 3.85. The molecule has 0 aromatic heterocycles. The number of hydrogen-bond donors (Lipinski definition) is 2. The fourth-order valence-corrected chi connectivity index (χ4v) is 2.32. The van der Waals surface area contributed by atoms with Crippen molar-refractivity contribution in [3.8, 4) is 0 Å². The Hall–Kier alpha value is -1.55. The van der Waals surface area contributed by atoms with Crippen LogP contribution in [0.2, 0.25) is 0 Å². The summed E-state index contributed by atoms with van der Waals surface area (Å²) in [5.41, 5.74) is 7.29. The maximum absolute atomic E-state index is 5.95. The molecule has 22 heavy (non-hydrogen) atoms. The molecule has 0 aliphatic rings. The lowest BCUT2D eigenvalue weighted by molar-refractivity contribution is 0.298. The van der Waals surface area contributed by atoms with Crippen molar-refractivity contribution < 1.29 is 0 Å². The molecule has 0 aliphatic heterocycles. The molecule has 0 amide bonds. The van der Waals surface area contributed by atoms with E-state index >= 15 is 0 Å². The molecular formula is C18H32N4. The highest BCUT2D eigenvalue weighted by atomic mass is 15.1. The molecule has 124 valence electrons. The lowest BCUT2D eigenvalue weighted by atomic mass is 10.1. The molecule has 0 aliphatic carbocycles. The standard InChI is InChI=1S/C18H32N4/c1-4-5-6-10-13-20-18(19)21-15-17(22(2)3)14-16-11-8-7-9-12-16/h7-9,11-12,17H,4-6,10,13-15H2,1-3H3,(H3,19,20,21). The van der Waals surface area contributed by atoms with Crippen molar-refractivity contribution in [1.29, 1.82) is 0 Å². The minimum atomic E-state index is 0.364. The van der Waals surface area contributed by atoms with Gasteiger partial charge in [-0.2, -0.15) is 0 Å². The van der Waals surface area contributed by atoms with E-state index in [1.165, 1.54) is 24.8 Å². The van der Waals surface area contributed by atoms with Crippen molar-refractivity contribution >= 4 is 5.96 Å². The molecule has 4 heteroatoms. The highest BCUT2D eigenvalue weighted by Gasteiger charge is 2.11. The van der Waals surface area contributed by atoms with Crippen molar-refractivity contribution in [3.63, 3.8) is 0 Å². The molecule has 1 unspecified atom stereocenters. The van der Waals surface area contributed by atoms with E-state index in [1.807, 2.05) is 6.07 Å². The van der Waals surface area contributed by atoms with E-state index in [2.05, 4.69) is 60.5 Å². The summed E-state index contributed by atoms with van der Waals surface area (Å²) in [7, 11) is 4.19. The second-order valence-corrected chi connectivity index (χ2v) is 6.02. The van der Waals surface area contributed by atoms with Crippen molar-refractivity contribution in [1.82, 2.24) is 10.2 Å². The summed E-state index contributed by atoms with van der Waals surface area (Å²) >= 11 is 0. The zero-order chi connectivity index (χ0) is 16.2. The molecule has 1 rings (SSSR count). The quantitative estimate of drug-likeness (QED) is 0.397. The topological polar surface area (TPSA) is 53.6 Å². The maximum atomic E-state index is 5.95. The number of nitrogens with two attached hydrogens (primary N) is 1. The van der Waals surface area contributed by atoms with Crippen LogP contribution in [0, 0.1) is 0 Å². The first-order valence-electron chi connectivity index (χ1n) is 8.37. The average Bonchev–Trinajstić information content (AvgIpc) is 2.52. The number of nitrogens with one attached hydrogen (secondary N) is 1. The van der Waals surface area contributed by atoms with Gasteiger partial charge in [-0.1, -0.05) is 56.5 Å². The Morgan fingerprint density at radius 2 is 1.91 bits per heavy atom. The number of unbranched alkanes of at least 4 members (excludes halogenated alkanes) is 3. The van der Waals surface area contributed by atoms with E-state index in [4.69, 9.17) is 5.73 Å². The average molecular weight is 304 g/mol. The normalized spacial score (nSPS) is 13.4. The summed E-state index contributed by atoms with van der Waals surface area (Å²) in [5.74, 6) is 0.566. The fourth-order valence-electron chi connectivity index (χ4n) is 2.32. The van der Waals surface area contributed by atoms with Crippen LogP contribution in [-0.4, -0.2) is 44.1 Å². The second-order valence-electron chi connectivity index (χ2n) is 6.02. The lowest BCUT2D eigenvalue weighted by Crippen LogP contribution is -2.37. The minimum Gasteiger partial charge on any atom is -0.370 e. The minimum absolute atomic E-state index is 0.364. The molecule has 0 saturated carbocycles. The monoisotopic (exact) mass is 304 g/mol. The Kier molecular flexibility index (Phi) is 9.31. The first kappa shape index (κ1) is 18.5. The van der Waals surface area contributed by atoms with Crippen LogP contribution in [0.5, 0.6) is 0 Å². The second kappa shape index (κ2) is 11.1. The first-order valence-corrected chi connectivity index (χ1v) is 8.37. The lowest BCUT2D eigenvalue weighted by Gasteiger charge is -2.23. The maximum Gasteiger partial charge on any atom is 0.188 e. The van der Waals surface area contributed by atoms with Crippen LogP contribution in [0.1, 0.15) is 38.2 Å². The summed E-state index contributed by atoms with van der Waals surface area (Å²) in [6, 6.07) is 10.9. The number of hydrogen-bond acceptors (Lipinski definition) is 2. The molecule has 0 radical (unpaired) electrons. The molecule has 4 nitrogen and oxygen atoms in total. The van der Waals surface area contributed by atoms with Gasteiger partial charge < -0.3 is 16.0 Å². The Labute approximate surface area is 135 Å². The molecule has 3 N–H and O–H groups in total. The molecule has 1 atom stereocenters. The molecule has 0 saturated heterocycles. The van der Waals surface area contributed by atoms with Gasteiger partial charge in [0.1, 0.15) is 0 Å². The molecular weight excluding hydrogens is 272 g/mol. The van der Waals surface area contributed by atoms with Gasteiger partial charge in [-0.05, 0) is 32.5 Å². The number of rotatable bonds is 10. The zero-order valence-electron chi connectivity index (χ0n) is 14.4. The summed E-state index contributed by atoms with van der Waals surface area (Å²) < 4.78 is 0. The molecule has 0 spiro atoms. The van der Waals surface area contributed by atoms with Crippen LogP contribution in [0.25, 0.3) is 0 Å². The highest BCUT2D eigenvalue weighted by molar-refractivity contribution is 5.77. The third-order valence-corrected chi connectivity index (χ3v) is 3.85. The Morgan fingerprint density at radius 3 is 2.55 bits per heavy atom. The van der Waals surface area contributed by atoms with Gasteiger partial charge >= 0.3 is 0 Å². The Bertz CT molecular complexity index is 414. The SMILES string of the molecule is CCCCCCNC(N)=NCC(Cc1ccccc1)N(C)C. The molecule has 0 fully saturated rings. The predicted octanol–water partition coefficient (Wildman–Crippen LogP) is 2.64. The number of guanidine groups is 1. The van der Waals surface area contributed by atoms with Crippen molar-refractivity contribution in [2.24, 2.45) is 10.7 Å². The smallest absolute Gasteiger partial charge is 0.188 e. The van der Waals surface area contributed by atoms with Gasteiger partial charge in [0.25, 0.3) is 0 Å². The summed E-state index contributed by atoms with van der Waals surface area (Å²) in [6.07, 6.45) is 5.95. The van der Waals surface area contributed by atoms with Crippen LogP contribution < -0.4 is 11.1 Å². The van der Waals surface area contributed by atoms with Gasteiger partial charge in [0.05, 0.1) is 6.54 Å². The number of benzene rings is 1. The number of aliphatic imine (C=N–C) groups is 1. The Morgan fingerprint density at radius 1 is 1.18 bits per heavy atom. The van der Waals surface area contributed by atoms with Crippen molar-refractivity contribution in [3.05, 3.63) is 35.9 Å². The van der Waals surface area contributed by atoms with Gasteiger partial charge in [-0.15, -0.1) is 0 Å². The van der Waals surface area contributed by atoms with Crippen LogP contribution in [0.3, 0.4) is 0 Å². The molecule has 0 bridgehead atoms. The van der Waals surface area contributed by atoms with E-state index in [9.17, 15) is 0 Å². The summed E-state index contributed by atoms with van der Waals surface area (Å²) in [5, 5.41) is 3.21. The first-order chi connectivity index (χ1) is 10.6. The van der Waals surface area contributed by atoms with Crippen LogP contribution in [0.4, 0.5) is 0 Å². The van der Waals surface area contributed by atoms with Crippen LogP contribution in [-0.2, 0) is 6.42 Å². The summed E-state index contributed by atoms with van der Waals surface area (Å²) in [4.78, 5) is 6.71. The van der Waals surface area contributed by atoms with E-state index < -0.39 is 0 Å². The van der Waals surface area contributed by atoms with Crippen molar-refractivity contribution in [2.75, 3.05) is 27.2 Å².